The van der Waals surface area contributed by atoms with Crippen molar-refractivity contribution >= 4 is 6.29 Å². The van der Waals surface area contributed by atoms with Crippen molar-refractivity contribution in [3.8, 4) is 34.1 Å². The number of rotatable bonds is 6. The van der Waals surface area contributed by atoms with Crippen molar-refractivity contribution in [1.82, 2.24) is 0 Å². The number of aldehydes is 1. The number of hydrogen-bond acceptors (Lipinski definition) is 5. The summed E-state index contributed by atoms with van der Waals surface area (Å²) >= 11 is 0. The first kappa shape index (κ1) is 16.7. The van der Waals surface area contributed by atoms with E-state index in [-0.39, 0.29) is 0 Å². The minimum Gasteiger partial charge on any atom is -0.497 e. The van der Waals surface area contributed by atoms with E-state index in [1.54, 1.807) is 40.6 Å². The molecule has 5 nitrogen and oxygen atoms in total. The number of methoxy groups -OCH3 is 4. The maximum Gasteiger partial charge on any atom is 0.204 e. The molecule has 0 amide bonds. The molecule has 0 saturated carbocycles. The first-order chi connectivity index (χ1) is 11.1. The number of ether oxygens (including phenoxy) is 4. The molecule has 0 spiro atoms. The van der Waals surface area contributed by atoms with Crippen LogP contribution in [0.5, 0.6) is 23.0 Å². The fourth-order valence-electron chi connectivity index (χ4n) is 2.60. The van der Waals surface area contributed by atoms with Gasteiger partial charge in [-0.05, 0) is 42.3 Å². The molecule has 23 heavy (non-hydrogen) atoms. The van der Waals surface area contributed by atoms with Gasteiger partial charge in [-0.3, -0.25) is 4.79 Å². The van der Waals surface area contributed by atoms with Crippen LogP contribution in [0.2, 0.25) is 0 Å². The molecule has 0 N–H and O–H groups in total. The maximum atomic E-state index is 11.5. The van der Waals surface area contributed by atoms with Crippen molar-refractivity contribution in [2.75, 3.05) is 28.4 Å². The maximum absolute atomic E-state index is 11.5. The quantitative estimate of drug-likeness (QED) is 0.763. The zero-order valence-corrected chi connectivity index (χ0v) is 13.9. The largest absolute Gasteiger partial charge is 0.497 e. The van der Waals surface area contributed by atoms with E-state index in [9.17, 15) is 4.79 Å². The average molecular weight is 316 g/mol. The van der Waals surface area contributed by atoms with Crippen molar-refractivity contribution in [1.29, 1.82) is 0 Å². The summed E-state index contributed by atoms with van der Waals surface area (Å²) in [6.45, 7) is 1.91. The molecule has 0 radical (unpaired) electrons. The zero-order valence-electron chi connectivity index (χ0n) is 13.9. The molecule has 2 aromatic carbocycles. The number of carbonyl (C=O) groups excluding carboxylic acids is 1. The van der Waals surface area contributed by atoms with Crippen LogP contribution in [0.4, 0.5) is 0 Å². The van der Waals surface area contributed by atoms with Crippen molar-refractivity contribution in [3.63, 3.8) is 0 Å². The minimum absolute atomic E-state index is 0.498. The summed E-state index contributed by atoms with van der Waals surface area (Å²) in [4.78, 5) is 11.5. The number of carbonyl (C=O) groups is 1. The third-order valence-corrected chi connectivity index (χ3v) is 3.66. The molecular weight excluding hydrogens is 296 g/mol. The summed E-state index contributed by atoms with van der Waals surface area (Å²) in [5.74, 6) is 2.24. The molecule has 0 unspecified atom stereocenters. The van der Waals surface area contributed by atoms with Gasteiger partial charge < -0.3 is 18.9 Å². The van der Waals surface area contributed by atoms with E-state index < -0.39 is 0 Å². The summed E-state index contributed by atoms with van der Waals surface area (Å²) in [5, 5.41) is 0. The second-order valence-electron chi connectivity index (χ2n) is 4.91. The highest BCUT2D eigenvalue weighted by Crippen LogP contribution is 2.47. The molecule has 122 valence electrons. The van der Waals surface area contributed by atoms with Crippen LogP contribution in [0.1, 0.15) is 15.9 Å². The van der Waals surface area contributed by atoms with Crippen LogP contribution in [0.25, 0.3) is 11.1 Å². The van der Waals surface area contributed by atoms with Crippen molar-refractivity contribution < 1.29 is 23.7 Å². The lowest BCUT2D eigenvalue weighted by molar-refractivity contribution is 0.112. The zero-order chi connectivity index (χ0) is 17.0. The topological polar surface area (TPSA) is 54.0 Å². The van der Waals surface area contributed by atoms with Gasteiger partial charge in [0.1, 0.15) is 5.75 Å². The standard InChI is InChI=1S/C18H20O5/c1-11-8-15(17(22-4)18(23-5)16(11)21-3)14-7-6-13(20-2)9-12(14)10-19/h6-10H,1-5H3. The van der Waals surface area contributed by atoms with E-state index in [1.807, 2.05) is 19.1 Å². The Labute approximate surface area is 135 Å². The fraction of sp³-hybridized carbons (Fsp3) is 0.278. The molecule has 2 aromatic rings. The van der Waals surface area contributed by atoms with Gasteiger partial charge in [0.25, 0.3) is 0 Å². The molecule has 0 aliphatic carbocycles. The van der Waals surface area contributed by atoms with Gasteiger partial charge in [-0.2, -0.15) is 0 Å². The highest BCUT2D eigenvalue weighted by molar-refractivity contribution is 5.91. The van der Waals surface area contributed by atoms with Gasteiger partial charge >= 0.3 is 0 Å². The van der Waals surface area contributed by atoms with Gasteiger partial charge in [0.05, 0.1) is 28.4 Å². The third-order valence-electron chi connectivity index (χ3n) is 3.66. The lowest BCUT2D eigenvalue weighted by Gasteiger charge is -2.19. The summed E-state index contributed by atoms with van der Waals surface area (Å²) in [6.07, 6.45) is 0.795. The Morgan fingerprint density at radius 3 is 1.96 bits per heavy atom. The van der Waals surface area contributed by atoms with Gasteiger partial charge in [-0.1, -0.05) is 0 Å². The molecule has 0 aliphatic rings. The molecule has 0 saturated heterocycles. The lowest BCUT2D eigenvalue weighted by atomic mass is 9.96. The Hall–Kier alpha value is -2.69. The molecular formula is C18H20O5. The van der Waals surface area contributed by atoms with Crippen molar-refractivity contribution in [2.24, 2.45) is 0 Å². The summed E-state index contributed by atoms with van der Waals surface area (Å²) in [6, 6.07) is 7.22. The van der Waals surface area contributed by atoms with E-state index >= 15 is 0 Å². The van der Waals surface area contributed by atoms with Crippen LogP contribution in [0, 0.1) is 6.92 Å². The van der Waals surface area contributed by atoms with Crippen LogP contribution in [-0.4, -0.2) is 34.7 Å². The van der Waals surface area contributed by atoms with Crippen LogP contribution in [-0.2, 0) is 0 Å². The van der Waals surface area contributed by atoms with Crippen molar-refractivity contribution in [3.05, 3.63) is 35.4 Å². The Bertz CT molecular complexity index is 722. The molecule has 0 bridgehead atoms. The predicted octanol–water partition coefficient (Wildman–Crippen LogP) is 3.51. The van der Waals surface area contributed by atoms with Gasteiger partial charge in [-0.15, -0.1) is 0 Å². The Morgan fingerprint density at radius 1 is 0.783 bits per heavy atom. The van der Waals surface area contributed by atoms with Crippen LogP contribution >= 0.6 is 0 Å². The molecule has 0 aromatic heterocycles. The second kappa shape index (κ2) is 7.05. The highest BCUT2D eigenvalue weighted by atomic mass is 16.5. The van der Waals surface area contributed by atoms with E-state index in [2.05, 4.69) is 0 Å². The van der Waals surface area contributed by atoms with Crippen molar-refractivity contribution in [2.45, 2.75) is 6.92 Å². The van der Waals surface area contributed by atoms with Gasteiger partial charge in [-0.25, -0.2) is 0 Å². The summed E-state index contributed by atoms with van der Waals surface area (Å²) < 4.78 is 21.6. The predicted molar refractivity (Wildman–Crippen MR) is 88.2 cm³/mol. The smallest absolute Gasteiger partial charge is 0.204 e. The molecule has 2 rings (SSSR count). The number of hydrogen-bond donors (Lipinski definition) is 0. The molecule has 0 heterocycles. The fourth-order valence-corrected chi connectivity index (χ4v) is 2.60. The second-order valence-corrected chi connectivity index (χ2v) is 4.91. The SMILES string of the molecule is COc1ccc(-c2cc(C)c(OC)c(OC)c2OC)c(C=O)c1. The van der Waals surface area contributed by atoms with E-state index in [4.69, 9.17) is 18.9 Å². The molecule has 0 fully saturated rings. The monoisotopic (exact) mass is 316 g/mol. The highest BCUT2D eigenvalue weighted by Gasteiger charge is 2.21. The van der Waals surface area contributed by atoms with Gasteiger partial charge in [0, 0.05) is 11.1 Å². The number of benzene rings is 2. The van der Waals surface area contributed by atoms with Crippen LogP contribution in [0.3, 0.4) is 0 Å². The normalized spacial score (nSPS) is 10.1. The summed E-state index contributed by atoms with van der Waals surface area (Å²) in [7, 11) is 6.25. The molecule has 0 aliphatic heterocycles. The molecule has 5 heteroatoms. The average Bonchev–Trinajstić information content (AvgIpc) is 2.59. The Morgan fingerprint density at radius 2 is 1.43 bits per heavy atom. The first-order valence-electron chi connectivity index (χ1n) is 7.04. The van der Waals surface area contributed by atoms with Crippen LogP contribution < -0.4 is 18.9 Å². The first-order valence-corrected chi connectivity index (χ1v) is 7.04. The minimum atomic E-state index is 0.498. The van der Waals surface area contributed by atoms with E-state index in [0.29, 0.717) is 28.6 Å². The van der Waals surface area contributed by atoms with Gasteiger partial charge in [0.15, 0.2) is 17.8 Å². The van der Waals surface area contributed by atoms with Gasteiger partial charge in [0.2, 0.25) is 5.75 Å². The Kier molecular flexibility index (Phi) is 5.11. The summed E-state index contributed by atoms with van der Waals surface area (Å²) in [5.41, 5.74) is 2.89. The van der Waals surface area contributed by atoms with E-state index in [0.717, 1.165) is 23.0 Å². The van der Waals surface area contributed by atoms with E-state index in [1.165, 1.54) is 0 Å². The lowest BCUT2D eigenvalue weighted by Crippen LogP contribution is -2.00. The number of aryl methyl sites for hydroxylation is 1. The van der Waals surface area contributed by atoms with Crippen LogP contribution in [0.15, 0.2) is 24.3 Å². The third kappa shape index (κ3) is 2.95. The Balaban J connectivity index is 2.78. The molecule has 0 atom stereocenters.